The van der Waals surface area contributed by atoms with Gasteiger partial charge in [-0.2, -0.15) is 0 Å². The van der Waals surface area contributed by atoms with Gasteiger partial charge in [0.05, 0.1) is 5.39 Å². The highest BCUT2D eigenvalue weighted by molar-refractivity contribution is 7.99. The van der Waals surface area contributed by atoms with Gasteiger partial charge in [-0.3, -0.25) is 0 Å². The predicted octanol–water partition coefficient (Wildman–Crippen LogP) is 3.31. The largest absolute Gasteiger partial charge is 0.266 e. The number of rotatable bonds is 0. The van der Waals surface area contributed by atoms with Gasteiger partial charge in [-0.05, 0) is 11.5 Å². The van der Waals surface area contributed by atoms with Crippen LogP contribution >= 0.6 is 11.8 Å². The number of thioether (sulfide) groups is 1. The SMILES string of the molecule is O=[N+]1CSc2cccc3cccc1c23. The van der Waals surface area contributed by atoms with E-state index in [0.29, 0.717) is 5.88 Å². The fourth-order valence-electron chi connectivity index (χ4n) is 1.81. The van der Waals surface area contributed by atoms with Crippen LogP contribution in [0.25, 0.3) is 10.8 Å². The van der Waals surface area contributed by atoms with Gasteiger partial charge in [0.15, 0.2) is 0 Å². The number of nitrogens with zero attached hydrogens (tertiary/aromatic N) is 1. The van der Waals surface area contributed by atoms with Crippen LogP contribution in [-0.4, -0.2) is 10.6 Å². The number of nitroso groups, excluding NO2 is 1. The smallest absolute Gasteiger partial charge is 0.0605 e. The lowest BCUT2D eigenvalue weighted by Gasteiger charge is -2.09. The second-order valence-corrected chi connectivity index (χ2v) is 4.27. The molecule has 2 nitrogen and oxygen atoms in total. The van der Waals surface area contributed by atoms with Crippen molar-refractivity contribution in [2.24, 2.45) is 0 Å². The maximum Gasteiger partial charge on any atom is 0.266 e. The fourth-order valence-corrected chi connectivity index (χ4v) is 2.75. The molecule has 0 aliphatic carbocycles. The van der Waals surface area contributed by atoms with E-state index < -0.39 is 0 Å². The van der Waals surface area contributed by atoms with Crippen molar-refractivity contribution in [2.45, 2.75) is 4.90 Å². The van der Waals surface area contributed by atoms with Crippen molar-refractivity contribution < 1.29 is 4.76 Å². The molecule has 0 N–H and O–H groups in total. The normalized spacial score (nSPS) is 14.7. The van der Waals surface area contributed by atoms with Gasteiger partial charge in [-0.25, -0.2) is 0 Å². The van der Waals surface area contributed by atoms with Crippen LogP contribution < -0.4 is 0 Å². The molecule has 0 saturated carbocycles. The molecule has 0 saturated heterocycles. The van der Waals surface area contributed by atoms with E-state index in [9.17, 15) is 4.91 Å². The molecule has 0 aromatic heterocycles. The molecule has 0 radical (unpaired) electrons. The highest BCUT2D eigenvalue weighted by atomic mass is 32.2. The third-order valence-electron chi connectivity index (χ3n) is 2.45. The highest BCUT2D eigenvalue weighted by Crippen LogP contribution is 2.39. The Labute approximate surface area is 85.5 Å². The van der Waals surface area contributed by atoms with E-state index in [-0.39, 0.29) is 0 Å². The molecular formula is C11H8NOS+. The van der Waals surface area contributed by atoms with Crippen LogP contribution in [-0.2, 0) is 0 Å². The minimum atomic E-state index is 0.496. The number of benzene rings is 2. The van der Waals surface area contributed by atoms with Gasteiger partial charge < -0.3 is 0 Å². The molecule has 2 aromatic carbocycles. The van der Waals surface area contributed by atoms with Crippen LogP contribution in [0.1, 0.15) is 0 Å². The molecule has 2 aromatic rings. The Balaban J connectivity index is 2.52. The third kappa shape index (κ3) is 0.990. The molecule has 14 heavy (non-hydrogen) atoms. The van der Waals surface area contributed by atoms with Gasteiger partial charge >= 0.3 is 0 Å². The maximum atomic E-state index is 11.6. The van der Waals surface area contributed by atoms with E-state index in [2.05, 4.69) is 6.07 Å². The second kappa shape index (κ2) is 2.82. The summed E-state index contributed by atoms with van der Waals surface area (Å²) in [6.45, 7) is 0. The molecule has 1 aliphatic heterocycles. The van der Waals surface area contributed by atoms with Crippen molar-refractivity contribution in [3.8, 4) is 0 Å². The minimum Gasteiger partial charge on any atom is -0.0605 e. The summed E-state index contributed by atoms with van der Waals surface area (Å²) in [4.78, 5) is 12.8. The summed E-state index contributed by atoms with van der Waals surface area (Å²) in [5, 5.41) is 2.24. The van der Waals surface area contributed by atoms with Crippen LogP contribution in [0.2, 0.25) is 0 Å². The Morgan fingerprint density at radius 2 is 1.93 bits per heavy atom. The van der Waals surface area contributed by atoms with Crippen LogP contribution in [0.4, 0.5) is 5.69 Å². The Kier molecular flexibility index (Phi) is 1.61. The molecule has 0 unspecified atom stereocenters. The zero-order chi connectivity index (χ0) is 9.54. The molecule has 68 valence electrons. The zero-order valence-electron chi connectivity index (χ0n) is 7.43. The zero-order valence-corrected chi connectivity index (χ0v) is 8.25. The molecule has 0 fully saturated rings. The van der Waals surface area contributed by atoms with Crippen molar-refractivity contribution in [1.29, 1.82) is 0 Å². The summed E-state index contributed by atoms with van der Waals surface area (Å²) in [7, 11) is 0. The summed E-state index contributed by atoms with van der Waals surface area (Å²) in [5.74, 6) is 0.496. The summed E-state index contributed by atoms with van der Waals surface area (Å²) in [6.07, 6.45) is 0. The van der Waals surface area contributed by atoms with E-state index in [0.717, 1.165) is 21.2 Å². The van der Waals surface area contributed by atoms with E-state index in [1.165, 1.54) is 4.90 Å². The van der Waals surface area contributed by atoms with E-state index in [1.54, 1.807) is 11.8 Å². The van der Waals surface area contributed by atoms with Gasteiger partial charge in [0.2, 0.25) is 5.88 Å². The van der Waals surface area contributed by atoms with Crippen molar-refractivity contribution >= 4 is 28.2 Å². The number of hydrogen-bond acceptors (Lipinski definition) is 2. The Hall–Kier alpha value is -1.35. The third-order valence-corrected chi connectivity index (χ3v) is 3.47. The summed E-state index contributed by atoms with van der Waals surface area (Å²) in [6, 6.07) is 12.0. The monoisotopic (exact) mass is 202 g/mol. The standard InChI is InChI=1S/C11H8NOS/c13-12-7-14-10-6-2-4-8-3-1-5-9(12)11(8)10/h1-6H,7H2/q+1. The molecule has 1 heterocycles. The fraction of sp³-hybridized carbons (Fsp3) is 0.0909. The second-order valence-electron chi connectivity index (χ2n) is 3.28. The Morgan fingerprint density at radius 3 is 2.79 bits per heavy atom. The number of hydrogen-bond donors (Lipinski definition) is 0. The summed E-state index contributed by atoms with van der Waals surface area (Å²) in [5.41, 5.74) is 0.803. The Morgan fingerprint density at radius 1 is 1.14 bits per heavy atom. The molecule has 0 atom stereocenters. The topological polar surface area (TPSA) is 20.1 Å². The van der Waals surface area contributed by atoms with Gasteiger partial charge in [0, 0.05) is 20.6 Å². The Bertz CT molecular complexity index is 531. The van der Waals surface area contributed by atoms with Gasteiger partial charge in [-0.15, -0.1) is 0 Å². The van der Waals surface area contributed by atoms with Crippen LogP contribution in [0.5, 0.6) is 0 Å². The van der Waals surface area contributed by atoms with Crippen LogP contribution in [0.3, 0.4) is 0 Å². The molecule has 3 heteroatoms. The lowest BCUT2D eigenvalue weighted by molar-refractivity contribution is -0.438. The molecule has 3 rings (SSSR count). The molecule has 0 amide bonds. The molecule has 0 bridgehead atoms. The summed E-state index contributed by atoms with van der Waals surface area (Å²) < 4.78 is 1.06. The van der Waals surface area contributed by atoms with Crippen molar-refractivity contribution in [3.63, 3.8) is 0 Å². The lowest BCUT2D eigenvalue weighted by Crippen LogP contribution is -2.04. The van der Waals surface area contributed by atoms with E-state index >= 15 is 0 Å². The molecule has 0 spiro atoms. The lowest BCUT2D eigenvalue weighted by atomic mass is 10.1. The van der Waals surface area contributed by atoms with E-state index in [4.69, 9.17) is 0 Å². The summed E-state index contributed by atoms with van der Waals surface area (Å²) >= 11 is 1.60. The van der Waals surface area contributed by atoms with Crippen molar-refractivity contribution in [2.75, 3.05) is 5.88 Å². The van der Waals surface area contributed by atoms with Gasteiger partial charge in [-0.1, -0.05) is 36.0 Å². The molecule has 1 aliphatic rings. The maximum absolute atomic E-state index is 11.6. The van der Waals surface area contributed by atoms with Gasteiger partial charge in [0.25, 0.3) is 5.69 Å². The van der Waals surface area contributed by atoms with Crippen molar-refractivity contribution in [3.05, 3.63) is 41.3 Å². The molecular weight excluding hydrogens is 194 g/mol. The van der Waals surface area contributed by atoms with Crippen molar-refractivity contribution in [1.82, 2.24) is 0 Å². The first-order valence-electron chi connectivity index (χ1n) is 4.45. The predicted molar refractivity (Wildman–Crippen MR) is 58.0 cm³/mol. The first kappa shape index (κ1) is 8.00. The van der Waals surface area contributed by atoms with E-state index in [1.807, 2.05) is 30.3 Å². The highest BCUT2D eigenvalue weighted by Gasteiger charge is 2.25. The van der Waals surface area contributed by atoms with Crippen LogP contribution in [0.15, 0.2) is 41.3 Å². The van der Waals surface area contributed by atoms with Gasteiger partial charge in [0.1, 0.15) is 0 Å². The first-order valence-corrected chi connectivity index (χ1v) is 5.44. The average Bonchev–Trinajstić information content (AvgIpc) is 2.24. The minimum absolute atomic E-state index is 0.496. The average molecular weight is 202 g/mol. The quantitative estimate of drug-likeness (QED) is 0.611. The first-order chi connectivity index (χ1) is 6.86. The van der Waals surface area contributed by atoms with Crippen LogP contribution in [0, 0.1) is 4.91 Å².